The first-order valence-corrected chi connectivity index (χ1v) is 12.1. The predicted octanol–water partition coefficient (Wildman–Crippen LogP) is 5.02. The van der Waals surface area contributed by atoms with E-state index in [9.17, 15) is 4.79 Å². The van der Waals surface area contributed by atoms with Gasteiger partial charge in [0.1, 0.15) is 11.4 Å². The van der Waals surface area contributed by atoms with Crippen molar-refractivity contribution in [2.24, 2.45) is 7.05 Å². The molecule has 0 bridgehead atoms. The standard InChI is InChI=1S/C28H30N8O/c1-18-12-13-20(30-27(37)25-15-26(28(3,4)5)32-34(25)6)14-24(18)35-17-23(31-33-35)22-16-29-36(19(22)2)21-10-8-7-9-11-21/h7-17H,1-6H3,(H,30,37). The van der Waals surface area contributed by atoms with Crippen LogP contribution in [0.4, 0.5) is 5.69 Å². The van der Waals surface area contributed by atoms with E-state index < -0.39 is 0 Å². The van der Waals surface area contributed by atoms with Gasteiger partial charge < -0.3 is 5.32 Å². The lowest BCUT2D eigenvalue weighted by Crippen LogP contribution is -2.16. The molecule has 5 aromatic rings. The third-order valence-electron chi connectivity index (χ3n) is 6.37. The second-order valence-electron chi connectivity index (χ2n) is 10.2. The van der Waals surface area contributed by atoms with Gasteiger partial charge in [-0.2, -0.15) is 10.2 Å². The molecule has 0 spiro atoms. The zero-order chi connectivity index (χ0) is 26.3. The number of para-hydroxylation sites is 1. The van der Waals surface area contributed by atoms with E-state index in [0.29, 0.717) is 11.4 Å². The van der Waals surface area contributed by atoms with E-state index in [2.05, 4.69) is 46.6 Å². The van der Waals surface area contributed by atoms with Gasteiger partial charge in [0.05, 0.1) is 35.2 Å². The fourth-order valence-electron chi connectivity index (χ4n) is 4.17. The summed E-state index contributed by atoms with van der Waals surface area (Å²) in [5.74, 6) is -0.219. The molecule has 1 amide bonds. The average molecular weight is 495 g/mol. The number of hydrogen-bond acceptors (Lipinski definition) is 5. The summed E-state index contributed by atoms with van der Waals surface area (Å²) in [6, 6.07) is 17.5. The first-order valence-electron chi connectivity index (χ1n) is 12.1. The Morgan fingerprint density at radius 2 is 1.76 bits per heavy atom. The lowest BCUT2D eigenvalue weighted by molar-refractivity contribution is 0.101. The highest BCUT2D eigenvalue weighted by atomic mass is 16.2. The molecule has 3 aromatic heterocycles. The van der Waals surface area contributed by atoms with Gasteiger partial charge in [-0.05, 0) is 49.7 Å². The minimum Gasteiger partial charge on any atom is -0.321 e. The van der Waals surface area contributed by atoms with Crippen LogP contribution >= 0.6 is 0 Å². The lowest BCUT2D eigenvalue weighted by atomic mass is 9.92. The summed E-state index contributed by atoms with van der Waals surface area (Å²) in [5, 5.41) is 20.8. The first kappa shape index (κ1) is 24.2. The summed E-state index contributed by atoms with van der Waals surface area (Å²) in [7, 11) is 1.78. The van der Waals surface area contributed by atoms with Crippen LogP contribution in [0.3, 0.4) is 0 Å². The number of nitrogens with one attached hydrogen (secondary N) is 1. The van der Waals surface area contributed by atoms with Crippen molar-refractivity contribution in [3.05, 3.63) is 89.6 Å². The summed E-state index contributed by atoms with van der Waals surface area (Å²) < 4.78 is 5.23. The van der Waals surface area contributed by atoms with Gasteiger partial charge in [0, 0.05) is 23.7 Å². The molecule has 5 rings (SSSR count). The van der Waals surface area contributed by atoms with Crippen molar-refractivity contribution >= 4 is 11.6 Å². The van der Waals surface area contributed by atoms with Crippen molar-refractivity contribution < 1.29 is 4.79 Å². The minimum atomic E-state index is -0.219. The van der Waals surface area contributed by atoms with E-state index in [-0.39, 0.29) is 11.3 Å². The van der Waals surface area contributed by atoms with Crippen LogP contribution in [0.5, 0.6) is 0 Å². The number of nitrogens with zero attached hydrogens (tertiary/aromatic N) is 7. The van der Waals surface area contributed by atoms with Crippen molar-refractivity contribution in [2.45, 2.75) is 40.0 Å². The van der Waals surface area contributed by atoms with Crippen LogP contribution < -0.4 is 5.32 Å². The van der Waals surface area contributed by atoms with E-state index in [1.54, 1.807) is 22.6 Å². The number of carbonyl (C=O) groups excluding carboxylic acids is 1. The second-order valence-corrected chi connectivity index (χ2v) is 10.2. The lowest BCUT2D eigenvalue weighted by Gasteiger charge is -2.13. The van der Waals surface area contributed by atoms with Gasteiger partial charge in [-0.1, -0.05) is 50.3 Å². The molecule has 2 aromatic carbocycles. The molecule has 0 atom stereocenters. The van der Waals surface area contributed by atoms with Crippen LogP contribution in [0.2, 0.25) is 0 Å². The summed E-state index contributed by atoms with van der Waals surface area (Å²) >= 11 is 0. The highest BCUT2D eigenvalue weighted by molar-refractivity contribution is 6.03. The maximum Gasteiger partial charge on any atom is 0.273 e. The summed E-state index contributed by atoms with van der Waals surface area (Å²) in [5.41, 5.74) is 7.30. The molecular weight excluding hydrogens is 464 g/mol. The average Bonchev–Trinajstić information content (AvgIpc) is 3.59. The molecule has 0 unspecified atom stereocenters. The summed E-state index contributed by atoms with van der Waals surface area (Å²) in [6.45, 7) is 10.2. The first-order chi connectivity index (χ1) is 17.6. The number of aromatic nitrogens is 7. The van der Waals surface area contributed by atoms with E-state index in [1.165, 1.54) is 0 Å². The number of anilines is 1. The Kier molecular flexibility index (Phi) is 5.99. The van der Waals surface area contributed by atoms with Crippen molar-refractivity contribution in [1.82, 2.24) is 34.6 Å². The number of aryl methyl sites for hydroxylation is 2. The van der Waals surface area contributed by atoms with E-state index in [0.717, 1.165) is 39.6 Å². The molecule has 0 aliphatic carbocycles. The Labute approximate surface area is 215 Å². The van der Waals surface area contributed by atoms with Gasteiger partial charge in [0.25, 0.3) is 5.91 Å². The smallest absolute Gasteiger partial charge is 0.273 e. The quantitative estimate of drug-likeness (QED) is 0.370. The van der Waals surface area contributed by atoms with Gasteiger partial charge in [-0.15, -0.1) is 5.10 Å². The van der Waals surface area contributed by atoms with Crippen LogP contribution in [-0.2, 0) is 12.5 Å². The number of rotatable bonds is 5. The SMILES string of the molecule is Cc1ccc(NC(=O)c2cc(C(C)(C)C)nn2C)cc1-n1cc(-c2cnn(-c3ccccc3)c2C)nn1. The second kappa shape index (κ2) is 9.16. The summed E-state index contributed by atoms with van der Waals surface area (Å²) in [6.07, 6.45) is 3.68. The fourth-order valence-corrected chi connectivity index (χ4v) is 4.17. The Hall–Kier alpha value is -4.53. The van der Waals surface area contributed by atoms with E-state index in [4.69, 9.17) is 0 Å². The van der Waals surface area contributed by atoms with Gasteiger partial charge in [0.15, 0.2) is 0 Å². The predicted molar refractivity (Wildman–Crippen MR) is 143 cm³/mol. The molecule has 0 aliphatic rings. The van der Waals surface area contributed by atoms with Gasteiger partial charge >= 0.3 is 0 Å². The molecule has 1 N–H and O–H groups in total. The van der Waals surface area contributed by atoms with Gasteiger partial charge in [-0.3, -0.25) is 9.48 Å². The molecule has 0 fully saturated rings. The Morgan fingerprint density at radius 3 is 2.46 bits per heavy atom. The highest BCUT2D eigenvalue weighted by Crippen LogP contribution is 2.26. The van der Waals surface area contributed by atoms with Crippen LogP contribution in [-0.4, -0.2) is 40.5 Å². The molecule has 3 heterocycles. The minimum absolute atomic E-state index is 0.145. The van der Waals surface area contributed by atoms with Gasteiger partial charge in [0.2, 0.25) is 0 Å². The van der Waals surface area contributed by atoms with Crippen molar-refractivity contribution in [3.63, 3.8) is 0 Å². The molecule has 9 nitrogen and oxygen atoms in total. The number of hydrogen-bond donors (Lipinski definition) is 1. The molecule has 0 aliphatic heterocycles. The Morgan fingerprint density at radius 1 is 1.00 bits per heavy atom. The Balaban J connectivity index is 1.41. The molecule has 0 saturated carbocycles. The zero-order valence-corrected chi connectivity index (χ0v) is 21.9. The van der Waals surface area contributed by atoms with Crippen molar-refractivity contribution in [1.29, 1.82) is 0 Å². The summed E-state index contributed by atoms with van der Waals surface area (Å²) in [4.78, 5) is 13.0. The third kappa shape index (κ3) is 4.67. The molecule has 9 heteroatoms. The molecule has 37 heavy (non-hydrogen) atoms. The van der Waals surface area contributed by atoms with Crippen LogP contribution in [0.25, 0.3) is 22.6 Å². The monoisotopic (exact) mass is 494 g/mol. The zero-order valence-electron chi connectivity index (χ0n) is 21.9. The maximum atomic E-state index is 13.0. The molecule has 0 saturated heterocycles. The number of benzene rings is 2. The fraction of sp³-hybridized carbons (Fsp3) is 0.250. The largest absolute Gasteiger partial charge is 0.321 e. The van der Waals surface area contributed by atoms with Crippen molar-refractivity contribution in [2.75, 3.05) is 5.32 Å². The van der Waals surface area contributed by atoms with Crippen LogP contribution in [0, 0.1) is 13.8 Å². The van der Waals surface area contributed by atoms with Crippen molar-refractivity contribution in [3.8, 4) is 22.6 Å². The van der Waals surface area contributed by atoms with Crippen LogP contribution in [0.1, 0.15) is 48.2 Å². The molecule has 0 radical (unpaired) electrons. The number of carbonyl (C=O) groups is 1. The van der Waals surface area contributed by atoms with E-state index >= 15 is 0 Å². The normalized spacial score (nSPS) is 11.6. The Bertz CT molecular complexity index is 1580. The molecular formula is C28H30N8O. The molecule has 188 valence electrons. The maximum absolute atomic E-state index is 13.0. The highest BCUT2D eigenvalue weighted by Gasteiger charge is 2.22. The van der Waals surface area contributed by atoms with Crippen LogP contribution in [0.15, 0.2) is 67.0 Å². The topological polar surface area (TPSA) is 95.5 Å². The van der Waals surface area contributed by atoms with E-state index in [1.807, 2.05) is 79.3 Å². The third-order valence-corrected chi connectivity index (χ3v) is 6.37. The number of amides is 1. The van der Waals surface area contributed by atoms with Gasteiger partial charge in [-0.25, -0.2) is 9.36 Å².